The normalized spacial score (nSPS) is 16.8. The molecule has 6 rings (SSSR count). The summed E-state index contributed by atoms with van der Waals surface area (Å²) in [6, 6.07) is 14.9. The first kappa shape index (κ1) is 54.3. The zero-order valence-electron chi connectivity index (χ0n) is 46.2. The highest BCUT2D eigenvalue weighted by Crippen LogP contribution is 2.52. The molecule has 4 aromatic carbocycles. The Hall–Kier alpha value is -4.05. The Balaban J connectivity index is 1.49. The standard InChI is InChI=1S/C61H84O6P2/c1-35(2)40(7)46(34-39(6)58(11,12)13)52-41(8)36(3)31-47(59(14,15)16)55(52)65-68(62)63-50-29-25-23-27-44(50)45-28-24-26-30-51(45)64-69-66-56-48(60(17,18)19)32-37(4)42(9)53(56)54-43(10)38(5)33-49(57(54)67-69)61(20,21)22/h23,25,27,29,31-34,45,51,62H,6,24,26,28,30H2,1-5,7-22H3/b46-34+/t45?,51?,68-/m0/s1. The number of para-hydroxylation sites is 1. The second kappa shape index (κ2) is 20.2. The molecule has 1 saturated carbocycles. The maximum absolute atomic E-state index is 12.2. The van der Waals surface area contributed by atoms with Crippen LogP contribution in [0.25, 0.3) is 27.5 Å². The minimum absolute atomic E-state index is 0.0560. The zero-order valence-corrected chi connectivity index (χ0v) is 48.0. The van der Waals surface area contributed by atoms with E-state index in [4.69, 9.17) is 22.0 Å². The van der Waals surface area contributed by atoms with Crippen LogP contribution < -0.4 is 13.6 Å². The van der Waals surface area contributed by atoms with Gasteiger partial charge in [-0.05, 0) is 153 Å². The molecular weight excluding hydrogens is 891 g/mol. The predicted octanol–water partition coefficient (Wildman–Crippen LogP) is 19.2. The largest absolute Gasteiger partial charge is 0.460 e. The van der Waals surface area contributed by atoms with Crippen LogP contribution in [-0.4, -0.2) is 11.0 Å². The Morgan fingerprint density at radius 3 is 1.65 bits per heavy atom. The van der Waals surface area contributed by atoms with Gasteiger partial charge < -0.3 is 22.3 Å². The van der Waals surface area contributed by atoms with Crippen LogP contribution in [0, 0.1) is 47.0 Å². The number of aryl methyl sites for hydroxylation is 5. The third kappa shape index (κ3) is 11.5. The topological polar surface area (TPSA) is 74.2 Å². The van der Waals surface area contributed by atoms with Crippen molar-refractivity contribution in [3.05, 3.63) is 133 Å². The molecule has 2 unspecified atom stereocenters. The van der Waals surface area contributed by atoms with Gasteiger partial charge in [-0.15, -0.1) is 0 Å². The fourth-order valence-corrected chi connectivity index (χ4v) is 11.5. The number of hydrogen-bond donors (Lipinski definition) is 1. The number of rotatable bonds is 10. The lowest BCUT2D eigenvalue weighted by molar-refractivity contribution is 0.170. The molecule has 0 aliphatic heterocycles. The summed E-state index contributed by atoms with van der Waals surface area (Å²) >= 11 is 0. The van der Waals surface area contributed by atoms with Crippen molar-refractivity contribution < 1.29 is 26.9 Å². The first-order valence-electron chi connectivity index (χ1n) is 25.1. The lowest BCUT2D eigenvalue weighted by Gasteiger charge is -2.32. The molecule has 1 fully saturated rings. The van der Waals surface area contributed by atoms with E-state index in [1.165, 1.54) is 27.8 Å². The fourth-order valence-electron chi connectivity index (χ4n) is 9.54. The van der Waals surface area contributed by atoms with E-state index in [1.54, 1.807) is 0 Å². The third-order valence-electron chi connectivity index (χ3n) is 14.7. The third-order valence-corrected chi connectivity index (χ3v) is 16.5. The van der Waals surface area contributed by atoms with E-state index in [1.807, 2.05) is 18.2 Å². The van der Waals surface area contributed by atoms with Gasteiger partial charge in [0.05, 0.1) is 6.10 Å². The van der Waals surface area contributed by atoms with Gasteiger partial charge >= 0.3 is 16.8 Å². The van der Waals surface area contributed by atoms with Crippen molar-refractivity contribution in [3.8, 4) is 11.5 Å². The number of hydrogen-bond acceptors (Lipinski definition) is 6. The monoisotopic (exact) mass is 975 g/mol. The second-order valence-electron chi connectivity index (χ2n) is 24.3. The molecule has 1 N–H and O–H groups in total. The highest BCUT2D eigenvalue weighted by Gasteiger charge is 2.35. The summed E-state index contributed by atoms with van der Waals surface area (Å²) in [5.41, 5.74) is 17.5. The molecule has 0 amide bonds. The smallest absolute Gasteiger partial charge is 0.418 e. The van der Waals surface area contributed by atoms with E-state index in [-0.39, 0.29) is 33.7 Å². The number of fused-ring (bicyclic) bond motifs is 3. The van der Waals surface area contributed by atoms with Gasteiger partial charge in [-0.2, -0.15) is 0 Å². The van der Waals surface area contributed by atoms with Crippen LogP contribution in [-0.2, 0) is 16.2 Å². The van der Waals surface area contributed by atoms with Crippen molar-refractivity contribution in [2.45, 2.75) is 199 Å². The van der Waals surface area contributed by atoms with Gasteiger partial charge in [-0.25, -0.2) is 0 Å². The molecule has 0 saturated heterocycles. The summed E-state index contributed by atoms with van der Waals surface area (Å²) in [5.74, 6) is 1.16. The molecule has 1 aliphatic rings. The number of benzene rings is 4. The van der Waals surface area contributed by atoms with Crippen molar-refractivity contribution in [2.75, 3.05) is 0 Å². The molecule has 1 aliphatic carbocycles. The Morgan fingerprint density at radius 1 is 0.681 bits per heavy atom. The van der Waals surface area contributed by atoms with E-state index in [0.717, 1.165) is 103 Å². The summed E-state index contributed by atoms with van der Waals surface area (Å²) in [7, 11) is -4.38. The van der Waals surface area contributed by atoms with Crippen LogP contribution >= 0.6 is 16.8 Å². The summed E-state index contributed by atoms with van der Waals surface area (Å²) in [5, 5.41) is 2.20. The minimum Gasteiger partial charge on any atom is -0.418 e. The maximum atomic E-state index is 12.2. The molecule has 69 heavy (non-hydrogen) atoms. The molecule has 6 nitrogen and oxygen atoms in total. The Morgan fingerprint density at radius 2 is 1.16 bits per heavy atom. The molecule has 5 aromatic rings. The lowest BCUT2D eigenvalue weighted by atomic mass is 9.78. The van der Waals surface area contributed by atoms with Gasteiger partial charge in [0.2, 0.25) is 0 Å². The lowest BCUT2D eigenvalue weighted by Crippen LogP contribution is -2.28. The highest BCUT2D eigenvalue weighted by molar-refractivity contribution is 7.41. The first-order chi connectivity index (χ1) is 31.8. The molecule has 1 aromatic heterocycles. The molecule has 1 heterocycles. The molecule has 3 atom stereocenters. The highest BCUT2D eigenvalue weighted by atomic mass is 31.2. The minimum atomic E-state index is -2.46. The fraction of sp³-hybridized carbons (Fsp3) is 0.508. The molecule has 0 bridgehead atoms. The van der Waals surface area contributed by atoms with Crippen LogP contribution in [0.3, 0.4) is 0 Å². The maximum Gasteiger partial charge on any atom is 0.460 e. The van der Waals surface area contributed by atoms with E-state index < -0.39 is 16.8 Å². The van der Waals surface area contributed by atoms with Gasteiger partial charge in [-0.1, -0.05) is 151 Å². The first-order valence-corrected chi connectivity index (χ1v) is 27.3. The van der Waals surface area contributed by atoms with Crippen LogP contribution in [0.4, 0.5) is 0 Å². The van der Waals surface area contributed by atoms with Crippen molar-refractivity contribution in [1.29, 1.82) is 0 Å². The summed E-state index contributed by atoms with van der Waals surface area (Å²) < 4.78 is 35.3. The summed E-state index contributed by atoms with van der Waals surface area (Å²) in [4.78, 5) is 12.2. The molecular formula is C61H84O6P2. The Kier molecular flexibility index (Phi) is 15.9. The average molecular weight is 975 g/mol. The molecule has 374 valence electrons. The van der Waals surface area contributed by atoms with Gasteiger partial charge in [-0.3, -0.25) is 4.52 Å². The van der Waals surface area contributed by atoms with Crippen LogP contribution in [0.2, 0.25) is 0 Å². The van der Waals surface area contributed by atoms with Crippen LogP contribution in [0.5, 0.6) is 11.5 Å². The van der Waals surface area contributed by atoms with E-state index in [2.05, 4.69) is 182 Å². The summed E-state index contributed by atoms with van der Waals surface area (Å²) in [6.45, 7) is 50.8. The van der Waals surface area contributed by atoms with E-state index in [9.17, 15) is 4.89 Å². The van der Waals surface area contributed by atoms with Crippen LogP contribution in [0.1, 0.15) is 197 Å². The Labute approximate surface area is 418 Å². The van der Waals surface area contributed by atoms with Gasteiger partial charge in [0.1, 0.15) is 22.7 Å². The zero-order chi connectivity index (χ0) is 51.5. The average Bonchev–Trinajstić information content (AvgIpc) is 3.40. The van der Waals surface area contributed by atoms with Crippen molar-refractivity contribution in [3.63, 3.8) is 0 Å². The van der Waals surface area contributed by atoms with Gasteiger partial charge in [0.15, 0.2) is 0 Å². The molecule has 0 spiro atoms. The van der Waals surface area contributed by atoms with E-state index >= 15 is 0 Å². The summed E-state index contributed by atoms with van der Waals surface area (Å²) in [6.07, 6.45) is 5.72. The van der Waals surface area contributed by atoms with Crippen molar-refractivity contribution in [1.82, 2.24) is 0 Å². The van der Waals surface area contributed by atoms with E-state index in [0.29, 0.717) is 11.5 Å². The molecule has 8 heteroatoms. The van der Waals surface area contributed by atoms with Gasteiger partial charge in [0.25, 0.3) is 0 Å². The number of allylic oxidation sites excluding steroid dienone is 5. The van der Waals surface area contributed by atoms with Crippen molar-refractivity contribution >= 4 is 44.4 Å². The Bertz CT molecular complexity index is 2790. The quantitative estimate of drug-likeness (QED) is 0.111. The predicted molar refractivity (Wildman–Crippen MR) is 296 cm³/mol. The van der Waals surface area contributed by atoms with Crippen molar-refractivity contribution in [2.24, 2.45) is 5.41 Å². The van der Waals surface area contributed by atoms with Gasteiger partial charge in [0, 0.05) is 44.5 Å². The second-order valence-corrected chi connectivity index (χ2v) is 26.2. The molecule has 0 radical (unpaired) electrons. The SMILES string of the molecule is C=C(/C=C(\C(C)=C(C)C)c1c(C)c(C)cc(C(C)(C)C)c1O[P@@](O)Oc1ccccc1C1CCCCC1Op1oc2c(C(C)(C)C)cc(C)c(C)c2c2c(C)c(C)cc(C(C)(C)C)c2o1)C(C)(C)C. The van der Waals surface area contributed by atoms with Crippen LogP contribution in [0.15, 0.2) is 80.2 Å².